The van der Waals surface area contributed by atoms with E-state index in [-0.39, 0.29) is 18.4 Å². The van der Waals surface area contributed by atoms with Gasteiger partial charge in [0.1, 0.15) is 6.61 Å². The van der Waals surface area contributed by atoms with E-state index in [2.05, 4.69) is 5.32 Å². The Labute approximate surface area is 151 Å². The summed E-state index contributed by atoms with van der Waals surface area (Å²) in [6.07, 6.45) is -0.737. The molecule has 2 aliphatic rings. The molecule has 3 rings (SSSR count). The standard InChI is InChI=1S/C17H22N2O5S/c1-22-12-4-3-11(9-13(12)23-2)15-16(24-10-14(20)18-15)17(21)19-5-7-25-8-6-19/h3-4,9,15-16H,5-8,10H2,1-2H3,(H,18,20). The molecule has 2 amide bonds. The van der Waals surface area contributed by atoms with Crippen LogP contribution in [0.2, 0.25) is 0 Å². The molecule has 8 heteroatoms. The first-order valence-corrected chi connectivity index (χ1v) is 9.29. The molecule has 2 atom stereocenters. The molecule has 2 heterocycles. The normalized spacial score (nSPS) is 23.8. The van der Waals surface area contributed by atoms with E-state index < -0.39 is 12.1 Å². The van der Waals surface area contributed by atoms with Crippen LogP contribution in [0.3, 0.4) is 0 Å². The van der Waals surface area contributed by atoms with Crippen molar-refractivity contribution in [2.45, 2.75) is 12.1 Å². The molecular formula is C17H22N2O5S. The number of hydrogen-bond donors (Lipinski definition) is 1. The van der Waals surface area contributed by atoms with Gasteiger partial charge in [-0.3, -0.25) is 9.59 Å². The van der Waals surface area contributed by atoms with E-state index in [1.165, 1.54) is 0 Å². The van der Waals surface area contributed by atoms with Crippen LogP contribution < -0.4 is 14.8 Å². The number of hydrogen-bond acceptors (Lipinski definition) is 6. The summed E-state index contributed by atoms with van der Waals surface area (Å²) in [5.74, 6) is 2.65. The summed E-state index contributed by atoms with van der Waals surface area (Å²) in [6.45, 7) is 1.30. The molecular weight excluding hydrogens is 344 g/mol. The lowest BCUT2D eigenvalue weighted by Crippen LogP contribution is -2.54. The predicted octanol–water partition coefficient (Wildman–Crippen LogP) is 0.835. The van der Waals surface area contributed by atoms with Gasteiger partial charge in [0.05, 0.1) is 20.3 Å². The number of methoxy groups -OCH3 is 2. The zero-order valence-electron chi connectivity index (χ0n) is 14.3. The van der Waals surface area contributed by atoms with Gasteiger partial charge in [-0.15, -0.1) is 0 Å². The van der Waals surface area contributed by atoms with Crippen molar-refractivity contribution < 1.29 is 23.8 Å². The molecule has 1 N–H and O–H groups in total. The first-order chi connectivity index (χ1) is 12.1. The fourth-order valence-corrected chi connectivity index (χ4v) is 3.94. The maximum absolute atomic E-state index is 12.9. The molecule has 25 heavy (non-hydrogen) atoms. The third-order valence-corrected chi connectivity index (χ3v) is 5.29. The first-order valence-electron chi connectivity index (χ1n) is 8.13. The molecule has 1 aromatic rings. The molecule has 0 bridgehead atoms. The maximum atomic E-state index is 12.9. The average Bonchev–Trinajstić information content (AvgIpc) is 2.67. The van der Waals surface area contributed by atoms with Gasteiger partial charge in [-0.2, -0.15) is 11.8 Å². The number of benzene rings is 1. The van der Waals surface area contributed by atoms with Crippen LogP contribution in [0.1, 0.15) is 11.6 Å². The smallest absolute Gasteiger partial charge is 0.254 e. The van der Waals surface area contributed by atoms with Gasteiger partial charge in [-0.1, -0.05) is 6.07 Å². The second-order valence-corrected chi connectivity index (χ2v) is 7.05. The first kappa shape index (κ1) is 17.9. The summed E-state index contributed by atoms with van der Waals surface area (Å²) >= 11 is 1.83. The van der Waals surface area contributed by atoms with E-state index in [0.29, 0.717) is 24.6 Å². The fourth-order valence-electron chi connectivity index (χ4n) is 3.03. The number of carbonyl (C=O) groups is 2. The number of rotatable bonds is 4. The number of thioether (sulfide) groups is 1. The minimum Gasteiger partial charge on any atom is -0.493 e. The van der Waals surface area contributed by atoms with E-state index >= 15 is 0 Å². The number of nitrogens with zero attached hydrogens (tertiary/aromatic N) is 1. The van der Waals surface area contributed by atoms with Crippen LogP contribution in [-0.2, 0) is 14.3 Å². The van der Waals surface area contributed by atoms with Crippen LogP contribution in [0, 0.1) is 0 Å². The Kier molecular flexibility index (Phi) is 5.70. The summed E-state index contributed by atoms with van der Waals surface area (Å²) in [6, 6.07) is 4.79. The van der Waals surface area contributed by atoms with Gasteiger partial charge < -0.3 is 24.4 Å². The lowest BCUT2D eigenvalue weighted by molar-refractivity contribution is -0.155. The second kappa shape index (κ2) is 7.97. The molecule has 0 aromatic heterocycles. The monoisotopic (exact) mass is 366 g/mol. The Morgan fingerprint density at radius 2 is 1.96 bits per heavy atom. The van der Waals surface area contributed by atoms with Gasteiger partial charge in [0, 0.05) is 24.6 Å². The Morgan fingerprint density at radius 1 is 1.24 bits per heavy atom. The zero-order valence-corrected chi connectivity index (χ0v) is 15.1. The van der Waals surface area contributed by atoms with Gasteiger partial charge in [0.2, 0.25) is 5.91 Å². The number of nitrogens with one attached hydrogen (secondary N) is 1. The Morgan fingerprint density at radius 3 is 2.64 bits per heavy atom. The number of morpholine rings is 1. The molecule has 0 saturated carbocycles. The predicted molar refractivity (Wildman–Crippen MR) is 94.1 cm³/mol. The highest BCUT2D eigenvalue weighted by Crippen LogP contribution is 2.33. The molecule has 1 aromatic carbocycles. The minimum atomic E-state index is -0.737. The van der Waals surface area contributed by atoms with E-state index in [4.69, 9.17) is 14.2 Å². The number of carbonyl (C=O) groups excluding carboxylic acids is 2. The molecule has 2 aliphatic heterocycles. The van der Waals surface area contributed by atoms with Crippen molar-refractivity contribution in [3.05, 3.63) is 23.8 Å². The van der Waals surface area contributed by atoms with Gasteiger partial charge >= 0.3 is 0 Å². The number of ether oxygens (including phenoxy) is 3. The van der Waals surface area contributed by atoms with E-state index in [1.54, 1.807) is 26.4 Å². The maximum Gasteiger partial charge on any atom is 0.254 e. The molecule has 2 fully saturated rings. The zero-order chi connectivity index (χ0) is 17.8. The molecule has 0 radical (unpaired) electrons. The minimum absolute atomic E-state index is 0.0833. The summed E-state index contributed by atoms with van der Waals surface area (Å²) < 4.78 is 16.2. The summed E-state index contributed by atoms with van der Waals surface area (Å²) in [5, 5.41) is 2.88. The topological polar surface area (TPSA) is 77.1 Å². The van der Waals surface area contributed by atoms with Crippen LogP contribution in [-0.4, -0.2) is 68.2 Å². The Bertz CT molecular complexity index is 648. The van der Waals surface area contributed by atoms with Gasteiger partial charge in [0.25, 0.3) is 5.91 Å². The van der Waals surface area contributed by atoms with E-state index in [0.717, 1.165) is 17.1 Å². The highest BCUT2D eigenvalue weighted by atomic mass is 32.2. The van der Waals surface area contributed by atoms with Crippen molar-refractivity contribution in [3.8, 4) is 11.5 Å². The van der Waals surface area contributed by atoms with Crippen molar-refractivity contribution in [1.82, 2.24) is 10.2 Å². The van der Waals surface area contributed by atoms with Crippen molar-refractivity contribution in [2.24, 2.45) is 0 Å². The molecule has 7 nitrogen and oxygen atoms in total. The molecule has 0 spiro atoms. The van der Waals surface area contributed by atoms with Crippen LogP contribution in [0.25, 0.3) is 0 Å². The lowest BCUT2D eigenvalue weighted by atomic mass is 9.98. The van der Waals surface area contributed by atoms with Crippen molar-refractivity contribution >= 4 is 23.6 Å². The van der Waals surface area contributed by atoms with E-state index in [1.807, 2.05) is 22.7 Å². The Balaban J connectivity index is 1.87. The third kappa shape index (κ3) is 3.85. The lowest BCUT2D eigenvalue weighted by Gasteiger charge is -2.36. The summed E-state index contributed by atoms with van der Waals surface area (Å²) in [7, 11) is 3.11. The van der Waals surface area contributed by atoms with Crippen molar-refractivity contribution in [3.63, 3.8) is 0 Å². The van der Waals surface area contributed by atoms with Crippen LogP contribution >= 0.6 is 11.8 Å². The molecule has 136 valence electrons. The second-order valence-electron chi connectivity index (χ2n) is 5.83. The van der Waals surface area contributed by atoms with Crippen molar-refractivity contribution in [1.29, 1.82) is 0 Å². The third-order valence-electron chi connectivity index (χ3n) is 4.35. The average molecular weight is 366 g/mol. The van der Waals surface area contributed by atoms with Crippen LogP contribution in [0.4, 0.5) is 0 Å². The van der Waals surface area contributed by atoms with Gasteiger partial charge in [-0.05, 0) is 17.7 Å². The van der Waals surface area contributed by atoms with Crippen molar-refractivity contribution in [2.75, 3.05) is 45.4 Å². The van der Waals surface area contributed by atoms with Crippen LogP contribution in [0.5, 0.6) is 11.5 Å². The molecule has 2 unspecified atom stereocenters. The Hall–Kier alpha value is -1.93. The summed E-state index contributed by atoms with van der Waals surface area (Å²) in [4.78, 5) is 26.6. The highest BCUT2D eigenvalue weighted by Gasteiger charge is 2.39. The fraction of sp³-hybridized carbons (Fsp3) is 0.529. The van der Waals surface area contributed by atoms with E-state index in [9.17, 15) is 9.59 Å². The quantitative estimate of drug-likeness (QED) is 0.851. The molecule has 0 aliphatic carbocycles. The van der Waals surface area contributed by atoms with Crippen LogP contribution in [0.15, 0.2) is 18.2 Å². The molecule has 2 saturated heterocycles. The number of amides is 2. The highest BCUT2D eigenvalue weighted by molar-refractivity contribution is 7.99. The SMILES string of the molecule is COc1ccc(C2NC(=O)COC2C(=O)N2CCSCC2)cc1OC. The van der Waals surface area contributed by atoms with Gasteiger partial charge in [0.15, 0.2) is 17.6 Å². The summed E-state index contributed by atoms with van der Waals surface area (Å²) in [5.41, 5.74) is 0.746. The largest absolute Gasteiger partial charge is 0.493 e. The van der Waals surface area contributed by atoms with Gasteiger partial charge in [-0.25, -0.2) is 0 Å².